The Kier molecular flexibility index (Phi) is 17.0. The molecule has 0 spiro atoms. The summed E-state index contributed by atoms with van der Waals surface area (Å²) in [6, 6.07) is 8.05. The summed E-state index contributed by atoms with van der Waals surface area (Å²) in [7, 11) is 1.58. The maximum atomic E-state index is 12.0. The molecule has 0 aliphatic carbocycles. The topological polar surface area (TPSA) is 65.1 Å². The van der Waals surface area contributed by atoms with Crippen LogP contribution in [0.1, 0.15) is 85.8 Å². The van der Waals surface area contributed by atoms with E-state index in [2.05, 4.69) is 0 Å². The molecule has 192 valence electrons. The number of hydrogen-bond acceptors (Lipinski definition) is 6. The molecule has 0 heterocycles. The van der Waals surface area contributed by atoms with Crippen LogP contribution in [-0.2, 0) is 19.0 Å². The first-order valence-electron chi connectivity index (χ1n) is 11.6. The minimum Gasteiger partial charge on any atom is -0.466 e. The maximum absolute atomic E-state index is 12.0. The molecule has 0 fully saturated rings. The monoisotopic (exact) mass is 485 g/mol. The molecule has 0 saturated carbocycles. The highest BCUT2D eigenvalue weighted by molar-refractivity contribution is 7.98. The number of esters is 1. The molecule has 1 amide bonds. The molecule has 0 bridgehead atoms. The van der Waals surface area contributed by atoms with Crippen molar-refractivity contribution < 1.29 is 23.8 Å². The number of amides is 1. The fraction of sp³-hybridized carbons (Fsp3) is 0.692. The highest BCUT2D eigenvalue weighted by Crippen LogP contribution is 2.22. The average Bonchev–Trinajstić information content (AvgIpc) is 2.74. The van der Waals surface area contributed by atoms with E-state index in [0.717, 1.165) is 12.0 Å². The van der Waals surface area contributed by atoms with E-state index in [-0.39, 0.29) is 18.0 Å². The predicted molar refractivity (Wildman–Crippen MR) is 140 cm³/mol. The summed E-state index contributed by atoms with van der Waals surface area (Å²) in [5.74, 6) is 0.296. The zero-order valence-electron chi connectivity index (χ0n) is 22.9. The number of methoxy groups -OCH3 is 1. The first kappa shape index (κ1) is 33.4. The Labute approximate surface area is 206 Å². The van der Waals surface area contributed by atoms with Crippen LogP contribution < -0.4 is 0 Å². The molecule has 0 N–H and O–H groups in total. The average molecular weight is 486 g/mol. The Morgan fingerprint density at radius 1 is 1.03 bits per heavy atom. The van der Waals surface area contributed by atoms with Gasteiger partial charge in [-0.25, -0.2) is 4.79 Å². The van der Waals surface area contributed by atoms with Gasteiger partial charge in [-0.2, -0.15) is 0 Å². The van der Waals surface area contributed by atoms with Crippen molar-refractivity contribution in [1.82, 2.24) is 4.90 Å². The van der Waals surface area contributed by atoms with Gasteiger partial charge in [0.1, 0.15) is 11.3 Å². The van der Waals surface area contributed by atoms with Crippen molar-refractivity contribution >= 4 is 23.8 Å². The highest BCUT2D eigenvalue weighted by atomic mass is 32.2. The Morgan fingerprint density at radius 2 is 1.55 bits per heavy atom. The van der Waals surface area contributed by atoms with Crippen LogP contribution in [0.25, 0.3) is 0 Å². The van der Waals surface area contributed by atoms with Crippen molar-refractivity contribution in [2.24, 2.45) is 0 Å². The minimum absolute atomic E-state index is 0.120. The van der Waals surface area contributed by atoms with Crippen molar-refractivity contribution in [3.8, 4) is 0 Å². The summed E-state index contributed by atoms with van der Waals surface area (Å²) in [4.78, 5) is 25.2. The molecule has 1 aromatic carbocycles. The van der Waals surface area contributed by atoms with Gasteiger partial charge in [-0.1, -0.05) is 50.6 Å². The van der Waals surface area contributed by atoms with Gasteiger partial charge in [0.2, 0.25) is 0 Å². The largest absolute Gasteiger partial charge is 0.466 e. The molecule has 1 rings (SSSR count). The Hall–Kier alpha value is -1.73. The van der Waals surface area contributed by atoms with E-state index in [9.17, 15) is 9.59 Å². The third-order valence-corrected chi connectivity index (χ3v) is 5.00. The van der Waals surface area contributed by atoms with Gasteiger partial charge in [0.25, 0.3) is 0 Å². The summed E-state index contributed by atoms with van der Waals surface area (Å²) in [6.07, 6.45) is 2.36. The predicted octanol–water partition coefficient (Wildman–Crippen LogP) is 7.00. The molecule has 0 aliphatic heterocycles. The second kappa shape index (κ2) is 16.8. The lowest BCUT2D eigenvalue weighted by Gasteiger charge is -2.37. The third kappa shape index (κ3) is 13.5. The van der Waals surface area contributed by atoms with Crippen molar-refractivity contribution in [1.29, 1.82) is 0 Å². The van der Waals surface area contributed by atoms with Crippen molar-refractivity contribution in [3.05, 3.63) is 35.4 Å². The molecule has 1 atom stereocenters. The number of rotatable bonds is 8. The number of hydrogen-bond donors (Lipinski definition) is 0. The number of benzene rings is 1. The summed E-state index contributed by atoms with van der Waals surface area (Å²) in [5.41, 5.74) is 1.10. The first-order chi connectivity index (χ1) is 15.3. The lowest BCUT2D eigenvalue weighted by Crippen LogP contribution is -2.50. The van der Waals surface area contributed by atoms with Crippen molar-refractivity contribution in [2.45, 2.75) is 92.9 Å². The smallest absolute Gasteiger partial charge is 0.413 e. The quantitative estimate of drug-likeness (QED) is 0.292. The maximum Gasteiger partial charge on any atom is 0.413 e. The second-order valence-corrected chi connectivity index (χ2v) is 9.44. The number of nitrogens with zero attached hydrogens (tertiary/aromatic N) is 1. The number of carbonyl (C=O) groups excluding carboxylic acids is 2. The van der Waals surface area contributed by atoms with Crippen LogP contribution in [0.5, 0.6) is 0 Å². The lowest BCUT2D eigenvalue weighted by molar-refractivity contribution is -0.145. The van der Waals surface area contributed by atoms with Gasteiger partial charge in [-0.15, -0.1) is 11.8 Å². The van der Waals surface area contributed by atoms with Crippen LogP contribution in [0.3, 0.4) is 0 Å². The molecule has 1 aromatic rings. The summed E-state index contributed by atoms with van der Waals surface area (Å²) < 4.78 is 15.7. The summed E-state index contributed by atoms with van der Waals surface area (Å²) >= 11 is 1.55. The molecule has 6 nitrogen and oxygen atoms in total. The van der Waals surface area contributed by atoms with Crippen LogP contribution in [0.15, 0.2) is 24.3 Å². The van der Waals surface area contributed by atoms with Crippen LogP contribution in [0.2, 0.25) is 0 Å². The van der Waals surface area contributed by atoms with Crippen LogP contribution in [0.4, 0.5) is 4.79 Å². The van der Waals surface area contributed by atoms with Gasteiger partial charge < -0.3 is 14.2 Å². The van der Waals surface area contributed by atoms with E-state index < -0.39 is 11.3 Å². The fourth-order valence-electron chi connectivity index (χ4n) is 2.56. The van der Waals surface area contributed by atoms with E-state index in [1.807, 2.05) is 99.8 Å². The number of aryl methyl sites for hydroxylation is 1. The lowest BCUT2D eigenvalue weighted by atomic mass is 9.96. The van der Waals surface area contributed by atoms with E-state index in [1.54, 1.807) is 23.8 Å². The standard InChI is InChI=1S/C13H18O2.C11H23NO3S.C2H6/c1-4-12(13(14)15-5-2)11-8-6-10(3)7-9-11;1-10(2,3)15-9(13)12(8-16-7)11(4,5)14-6;1-2/h6-9,12H,4-5H2,1-3H3;8H2,1-7H3;1-2H3. The molecule has 0 radical (unpaired) electrons. The van der Waals surface area contributed by atoms with E-state index in [4.69, 9.17) is 14.2 Å². The summed E-state index contributed by atoms with van der Waals surface area (Å²) in [5, 5.41) is 0. The van der Waals surface area contributed by atoms with E-state index >= 15 is 0 Å². The molecular weight excluding hydrogens is 438 g/mol. The zero-order valence-corrected chi connectivity index (χ0v) is 23.7. The van der Waals surface area contributed by atoms with Crippen LogP contribution in [0, 0.1) is 6.92 Å². The SMILES string of the molecule is CC.CCOC(=O)C(CC)c1ccc(C)cc1.COC(C)(C)N(CSC)C(=O)OC(C)(C)C. The Bertz CT molecular complexity index is 668. The molecule has 0 aromatic heterocycles. The van der Waals surface area contributed by atoms with Gasteiger partial charge in [-0.05, 0) is 66.7 Å². The minimum atomic E-state index is -0.661. The molecule has 33 heavy (non-hydrogen) atoms. The Morgan fingerprint density at radius 3 is 1.91 bits per heavy atom. The van der Waals surface area contributed by atoms with Gasteiger partial charge in [-0.3, -0.25) is 9.69 Å². The van der Waals surface area contributed by atoms with Crippen LogP contribution in [-0.4, -0.2) is 54.1 Å². The highest BCUT2D eigenvalue weighted by Gasteiger charge is 2.33. The van der Waals surface area contributed by atoms with Crippen LogP contribution >= 0.6 is 11.8 Å². The van der Waals surface area contributed by atoms with Crippen molar-refractivity contribution in [3.63, 3.8) is 0 Å². The number of ether oxygens (including phenoxy) is 3. The first-order valence-corrected chi connectivity index (χ1v) is 13.0. The number of thioether (sulfide) groups is 1. The zero-order chi connectivity index (χ0) is 26.2. The van der Waals surface area contributed by atoms with Gasteiger partial charge in [0, 0.05) is 7.11 Å². The van der Waals surface area contributed by atoms with Gasteiger partial charge in [0.15, 0.2) is 0 Å². The molecule has 0 aliphatic rings. The normalized spacial score (nSPS) is 11.8. The second-order valence-electron chi connectivity index (χ2n) is 8.60. The van der Waals surface area contributed by atoms with Gasteiger partial charge in [0.05, 0.1) is 18.4 Å². The third-order valence-electron chi connectivity index (χ3n) is 4.48. The Balaban J connectivity index is 0. The molecule has 7 heteroatoms. The molecule has 0 saturated heterocycles. The fourth-order valence-corrected chi connectivity index (χ4v) is 3.24. The summed E-state index contributed by atoms with van der Waals surface area (Å²) in [6.45, 7) is 19.5. The molecule has 1 unspecified atom stereocenters. The molecular formula is C26H47NO5S. The van der Waals surface area contributed by atoms with E-state index in [1.165, 1.54) is 5.56 Å². The van der Waals surface area contributed by atoms with Crippen molar-refractivity contribution in [2.75, 3.05) is 25.8 Å². The van der Waals surface area contributed by atoms with Gasteiger partial charge >= 0.3 is 12.1 Å². The number of carbonyl (C=O) groups is 2. The van der Waals surface area contributed by atoms with E-state index in [0.29, 0.717) is 12.5 Å².